The molecule has 2 aromatic carbocycles. The topological polar surface area (TPSA) is 55.1 Å². The number of nitrogen functional groups attached to an aromatic ring is 1. The van der Waals surface area contributed by atoms with Crippen molar-refractivity contribution >= 4 is 11.6 Å². The second kappa shape index (κ2) is 5.37. The third-order valence-electron chi connectivity index (χ3n) is 3.79. The van der Waals surface area contributed by atoms with Gasteiger partial charge in [0.1, 0.15) is 0 Å². The molecule has 0 heterocycles. The van der Waals surface area contributed by atoms with Crippen molar-refractivity contribution in [2.45, 2.75) is 25.8 Å². The Morgan fingerprint density at radius 1 is 1.05 bits per heavy atom. The van der Waals surface area contributed by atoms with E-state index in [2.05, 4.69) is 23.5 Å². The first-order valence-corrected chi connectivity index (χ1v) is 6.97. The first-order chi connectivity index (χ1) is 9.72. The van der Waals surface area contributed by atoms with Crippen LogP contribution < -0.4 is 11.1 Å². The molecule has 2 aromatic rings. The van der Waals surface area contributed by atoms with Crippen LogP contribution in [0.2, 0.25) is 0 Å². The molecule has 0 unspecified atom stereocenters. The lowest BCUT2D eigenvalue weighted by Crippen LogP contribution is -2.22. The number of amides is 1. The van der Waals surface area contributed by atoms with E-state index < -0.39 is 0 Å². The van der Waals surface area contributed by atoms with Crippen molar-refractivity contribution in [1.29, 1.82) is 0 Å². The molecular formula is C17H18N2O. The Hall–Kier alpha value is -2.29. The fourth-order valence-corrected chi connectivity index (χ4v) is 2.65. The Bertz CT molecular complexity index is 632. The highest BCUT2D eigenvalue weighted by atomic mass is 16.1. The van der Waals surface area contributed by atoms with Crippen molar-refractivity contribution in [1.82, 2.24) is 5.32 Å². The van der Waals surface area contributed by atoms with E-state index in [1.54, 1.807) is 24.3 Å². The number of benzene rings is 2. The fourth-order valence-electron chi connectivity index (χ4n) is 2.65. The van der Waals surface area contributed by atoms with Gasteiger partial charge in [0.15, 0.2) is 0 Å². The Balaban J connectivity index is 1.64. The van der Waals surface area contributed by atoms with E-state index in [0.717, 1.165) is 12.0 Å². The average molecular weight is 266 g/mol. The fraction of sp³-hybridized carbons (Fsp3) is 0.235. The Kier molecular flexibility index (Phi) is 3.42. The lowest BCUT2D eigenvalue weighted by atomic mass is 10.1. The quantitative estimate of drug-likeness (QED) is 0.839. The first-order valence-electron chi connectivity index (χ1n) is 6.97. The molecule has 102 valence electrons. The van der Waals surface area contributed by atoms with E-state index in [-0.39, 0.29) is 5.91 Å². The molecule has 1 amide bonds. The van der Waals surface area contributed by atoms with Crippen LogP contribution in [0, 0.1) is 0 Å². The second-order valence-electron chi connectivity index (χ2n) is 5.26. The maximum absolute atomic E-state index is 12.0. The average Bonchev–Trinajstić information content (AvgIpc) is 2.93. The van der Waals surface area contributed by atoms with Gasteiger partial charge in [0.25, 0.3) is 5.91 Å². The van der Waals surface area contributed by atoms with E-state index in [0.29, 0.717) is 17.8 Å². The molecular weight excluding hydrogens is 248 g/mol. The normalized spacial score (nSPS) is 13.0. The lowest BCUT2D eigenvalue weighted by molar-refractivity contribution is 0.0951. The summed E-state index contributed by atoms with van der Waals surface area (Å²) < 4.78 is 0. The number of fused-ring (bicyclic) bond motifs is 1. The van der Waals surface area contributed by atoms with Gasteiger partial charge >= 0.3 is 0 Å². The zero-order valence-electron chi connectivity index (χ0n) is 11.4. The molecule has 0 radical (unpaired) electrons. The minimum Gasteiger partial charge on any atom is -0.399 e. The highest BCUT2D eigenvalue weighted by molar-refractivity contribution is 5.94. The van der Waals surface area contributed by atoms with Gasteiger partial charge in [-0.2, -0.15) is 0 Å². The standard InChI is InChI=1S/C17H18N2O/c18-16-8-6-14(7-9-16)17(20)19-11-12-4-5-13-2-1-3-15(13)10-12/h4-10H,1-3,11,18H2,(H,19,20). The summed E-state index contributed by atoms with van der Waals surface area (Å²) in [6.07, 6.45) is 3.60. The van der Waals surface area contributed by atoms with E-state index in [1.165, 1.54) is 24.0 Å². The number of nitrogens with two attached hydrogens (primary N) is 1. The molecule has 0 spiro atoms. The molecule has 3 N–H and O–H groups in total. The van der Waals surface area contributed by atoms with E-state index >= 15 is 0 Å². The molecule has 1 aliphatic carbocycles. The van der Waals surface area contributed by atoms with Gasteiger partial charge in [-0.15, -0.1) is 0 Å². The summed E-state index contributed by atoms with van der Waals surface area (Å²) in [7, 11) is 0. The van der Waals surface area contributed by atoms with Crippen molar-refractivity contribution < 1.29 is 4.79 Å². The highest BCUT2D eigenvalue weighted by Gasteiger charge is 2.11. The monoisotopic (exact) mass is 266 g/mol. The van der Waals surface area contributed by atoms with Gasteiger partial charge < -0.3 is 11.1 Å². The van der Waals surface area contributed by atoms with Crippen LogP contribution in [0.15, 0.2) is 42.5 Å². The van der Waals surface area contributed by atoms with E-state index in [4.69, 9.17) is 5.73 Å². The summed E-state index contributed by atoms with van der Waals surface area (Å²) in [5.41, 5.74) is 11.0. The predicted octanol–water partition coefficient (Wildman–Crippen LogP) is 2.69. The smallest absolute Gasteiger partial charge is 0.251 e. The molecule has 0 aliphatic heterocycles. The number of hydrogen-bond donors (Lipinski definition) is 2. The number of rotatable bonds is 3. The summed E-state index contributed by atoms with van der Waals surface area (Å²) in [5.74, 6) is -0.0644. The van der Waals surface area contributed by atoms with Crippen LogP contribution in [-0.2, 0) is 19.4 Å². The molecule has 0 bridgehead atoms. The number of carbonyl (C=O) groups is 1. The van der Waals surface area contributed by atoms with Gasteiger partial charge in [0, 0.05) is 17.8 Å². The van der Waals surface area contributed by atoms with Gasteiger partial charge in [-0.3, -0.25) is 4.79 Å². The molecule has 20 heavy (non-hydrogen) atoms. The molecule has 0 saturated heterocycles. The van der Waals surface area contributed by atoms with Crippen molar-refractivity contribution in [2.24, 2.45) is 0 Å². The number of hydrogen-bond acceptors (Lipinski definition) is 2. The number of aryl methyl sites for hydroxylation is 2. The Labute approximate surface area is 118 Å². The maximum atomic E-state index is 12.0. The lowest BCUT2D eigenvalue weighted by Gasteiger charge is -2.07. The van der Waals surface area contributed by atoms with Crippen LogP contribution in [0.1, 0.15) is 33.5 Å². The van der Waals surface area contributed by atoms with Crippen LogP contribution in [0.3, 0.4) is 0 Å². The minimum absolute atomic E-state index is 0.0644. The van der Waals surface area contributed by atoms with Gasteiger partial charge in [-0.1, -0.05) is 18.2 Å². The van der Waals surface area contributed by atoms with Crippen LogP contribution in [0.25, 0.3) is 0 Å². The van der Waals surface area contributed by atoms with Crippen molar-refractivity contribution in [3.8, 4) is 0 Å². The number of carbonyl (C=O) groups excluding carboxylic acids is 1. The zero-order valence-corrected chi connectivity index (χ0v) is 11.4. The number of nitrogens with one attached hydrogen (secondary N) is 1. The zero-order chi connectivity index (χ0) is 13.9. The molecule has 0 aromatic heterocycles. The van der Waals surface area contributed by atoms with Gasteiger partial charge in [-0.05, 0) is 60.2 Å². The second-order valence-corrected chi connectivity index (χ2v) is 5.26. The minimum atomic E-state index is -0.0644. The van der Waals surface area contributed by atoms with Crippen LogP contribution in [-0.4, -0.2) is 5.91 Å². The predicted molar refractivity (Wildman–Crippen MR) is 80.5 cm³/mol. The molecule has 1 aliphatic rings. The van der Waals surface area contributed by atoms with E-state index in [9.17, 15) is 4.79 Å². The molecule has 0 fully saturated rings. The largest absolute Gasteiger partial charge is 0.399 e. The Morgan fingerprint density at radius 3 is 2.60 bits per heavy atom. The van der Waals surface area contributed by atoms with E-state index in [1.807, 2.05) is 0 Å². The summed E-state index contributed by atoms with van der Waals surface area (Å²) in [6, 6.07) is 13.5. The molecule has 3 nitrogen and oxygen atoms in total. The van der Waals surface area contributed by atoms with Crippen molar-refractivity contribution in [3.63, 3.8) is 0 Å². The molecule has 3 rings (SSSR count). The third-order valence-corrected chi connectivity index (χ3v) is 3.79. The van der Waals surface area contributed by atoms with Gasteiger partial charge in [0.2, 0.25) is 0 Å². The summed E-state index contributed by atoms with van der Waals surface area (Å²) in [6.45, 7) is 0.566. The maximum Gasteiger partial charge on any atom is 0.251 e. The highest BCUT2D eigenvalue weighted by Crippen LogP contribution is 2.22. The molecule has 0 atom stereocenters. The summed E-state index contributed by atoms with van der Waals surface area (Å²) >= 11 is 0. The van der Waals surface area contributed by atoms with Gasteiger partial charge in [-0.25, -0.2) is 0 Å². The van der Waals surface area contributed by atoms with Gasteiger partial charge in [0.05, 0.1) is 0 Å². The van der Waals surface area contributed by atoms with Crippen molar-refractivity contribution in [3.05, 3.63) is 64.7 Å². The summed E-state index contributed by atoms with van der Waals surface area (Å²) in [5, 5.41) is 2.95. The van der Waals surface area contributed by atoms with Crippen LogP contribution in [0.5, 0.6) is 0 Å². The first kappa shape index (κ1) is 12.7. The van der Waals surface area contributed by atoms with Crippen LogP contribution in [0.4, 0.5) is 5.69 Å². The summed E-state index contributed by atoms with van der Waals surface area (Å²) in [4.78, 5) is 12.0. The van der Waals surface area contributed by atoms with Crippen LogP contribution >= 0.6 is 0 Å². The Morgan fingerprint density at radius 2 is 1.80 bits per heavy atom. The molecule has 0 saturated carbocycles. The third kappa shape index (κ3) is 2.67. The van der Waals surface area contributed by atoms with Crippen molar-refractivity contribution in [2.75, 3.05) is 5.73 Å². The molecule has 3 heteroatoms. The number of anilines is 1. The SMILES string of the molecule is Nc1ccc(C(=O)NCc2ccc3c(c2)CCC3)cc1.